The van der Waals surface area contributed by atoms with Gasteiger partial charge >= 0.3 is 0 Å². The fourth-order valence-electron chi connectivity index (χ4n) is 1.39. The lowest BCUT2D eigenvalue weighted by Crippen LogP contribution is -2.02. The van der Waals surface area contributed by atoms with E-state index in [0.717, 1.165) is 12.8 Å². The first-order chi connectivity index (χ1) is 6.66. The second-order valence-electron chi connectivity index (χ2n) is 3.40. The molecule has 2 N–H and O–H groups in total. The first kappa shape index (κ1) is 11.1. The van der Waals surface area contributed by atoms with Gasteiger partial charge in [0.15, 0.2) is 0 Å². The van der Waals surface area contributed by atoms with Crippen LogP contribution in [0, 0.1) is 18.6 Å². The molecule has 0 saturated heterocycles. The molecule has 0 bridgehead atoms. The molecule has 0 heterocycles. The van der Waals surface area contributed by atoms with Gasteiger partial charge in [0, 0.05) is 5.56 Å². The third kappa shape index (κ3) is 2.51. The van der Waals surface area contributed by atoms with Crippen molar-refractivity contribution in [1.82, 2.24) is 0 Å². The van der Waals surface area contributed by atoms with E-state index in [1.165, 1.54) is 12.1 Å². The second-order valence-corrected chi connectivity index (χ2v) is 3.40. The van der Waals surface area contributed by atoms with Gasteiger partial charge in [-0.05, 0) is 44.4 Å². The molecule has 0 unspecified atom stereocenters. The van der Waals surface area contributed by atoms with Crippen LogP contribution in [0.4, 0.5) is 8.78 Å². The van der Waals surface area contributed by atoms with Gasteiger partial charge in [0.25, 0.3) is 0 Å². The number of halogens is 2. The number of hydrogen-bond acceptors (Lipinski definition) is 1. The third-order valence-corrected chi connectivity index (χ3v) is 2.26. The van der Waals surface area contributed by atoms with Crippen LogP contribution in [0.5, 0.6) is 0 Å². The van der Waals surface area contributed by atoms with Gasteiger partial charge in [0.2, 0.25) is 0 Å². The van der Waals surface area contributed by atoms with E-state index in [-0.39, 0.29) is 5.56 Å². The Morgan fingerprint density at radius 3 is 2.57 bits per heavy atom. The normalized spacial score (nSPS) is 10.6. The molecule has 0 saturated carbocycles. The highest BCUT2D eigenvalue weighted by atomic mass is 19.1. The van der Waals surface area contributed by atoms with Gasteiger partial charge in [-0.2, -0.15) is 0 Å². The van der Waals surface area contributed by atoms with Gasteiger partial charge in [-0.15, -0.1) is 0 Å². The van der Waals surface area contributed by atoms with E-state index in [2.05, 4.69) is 0 Å². The van der Waals surface area contributed by atoms with Crippen LogP contribution >= 0.6 is 0 Å². The quantitative estimate of drug-likeness (QED) is 0.741. The van der Waals surface area contributed by atoms with Crippen LogP contribution in [-0.4, -0.2) is 6.54 Å². The van der Waals surface area contributed by atoms with Crippen LogP contribution in [0.15, 0.2) is 12.1 Å². The van der Waals surface area contributed by atoms with Crippen molar-refractivity contribution in [3.05, 3.63) is 34.9 Å². The molecule has 0 spiro atoms. The molecule has 0 aliphatic rings. The van der Waals surface area contributed by atoms with Crippen molar-refractivity contribution >= 4 is 0 Å². The Hall–Kier alpha value is -0.960. The van der Waals surface area contributed by atoms with E-state index >= 15 is 0 Å². The zero-order chi connectivity index (χ0) is 10.6. The smallest absolute Gasteiger partial charge is 0.132 e. The maximum Gasteiger partial charge on any atom is 0.132 e. The molecular formula is C11H15F2N. The molecule has 3 heteroatoms. The van der Waals surface area contributed by atoms with Crippen LogP contribution in [0.3, 0.4) is 0 Å². The first-order valence-electron chi connectivity index (χ1n) is 4.80. The van der Waals surface area contributed by atoms with Gasteiger partial charge in [-0.1, -0.05) is 6.07 Å². The number of aryl methyl sites for hydroxylation is 1. The summed E-state index contributed by atoms with van der Waals surface area (Å²) in [6.45, 7) is 2.20. The van der Waals surface area contributed by atoms with Crippen LogP contribution in [0.1, 0.15) is 24.0 Å². The average Bonchev–Trinajstić information content (AvgIpc) is 2.18. The zero-order valence-corrected chi connectivity index (χ0v) is 8.32. The summed E-state index contributed by atoms with van der Waals surface area (Å²) in [6.07, 6.45) is 1.96. The van der Waals surface area contributed by atoms with E-state index in [9.17, 15) is 8.78 Å². The average molecular weight is 199 g/mol. The van der Waals surface area contributed by atoms with E-state index < -0.39 is 11.6 Å². The van der Waals surface area contributed by atoms with E-state index in [1.54, 1.807) is 6.92 Å². The predicted molar refractivity (Wildman–Crippen MR) is 53.1 cm³/mol. The summed E-state index contributed by atoms with van der Waals surface area (Å²) in [7, 11) is 0. The SMILES string of the molecule is Cc1ccc(F)c(CCCCN)c1F. The molecule has 0 aliphatic carbocycles. The summed E-state index contributed by atoms with van der Waals surface area (Å²) in [4.78, 5) is 0. The van der Waals surface area contributed by atoms with Crippen LogP contribution in [-0.2, 0) is 6.42 Å². The van der Waals surface area contributed by atoms with Crippen molar-refractivity contribution in [3.63, 3.8) is 0 Å². The van der Waals surface area contributed by atoms with Crippen LogP contribution < -0.4 is 5.73 Å². The Kier molecular flexibility index (Phi) is 4.01. The molecule has 0 radical (unpaired) electrons. The molecule has 1 rings (SSSR count). The minimum absolute atomic E-state index is 0.193. The van der Waals surface area contributed by atoms with Crippen molar-refractivity contribution < 1.29 is 8.78 Å². The van der Waals surface area contributed by atoms with Gasteiger partial charge in [-0.3, -0.25) is 0 Å². The summed E-state index contributed by atoms with van der Waals surface area (Å²) in [5.74, 6) is -0.868. The van der Waals surface area contributed by atoms with Gasteiger partial charge < -0.3 is 5.73 Å². The largest absolute Gasteiger partial charge is 0.330 e. The van der Waals surface area contributed by atoms with Gasteiger partial charge in [-0.25, -0.2) is 8.78 Å². The fraction of sp³-hybridized carbons (Fsp3) is 0.455. The van der Waals surface area contributed by atoms with Crippen LogP contribution in [0.2, 0.25) is 0 Å². The van der Waals surface area contributed by atoms with E-state index in [1.807, 2.05) is 0 Å². The molecule has 1 aromatic carbocycles. The van der Waals surface area contributed by atoms with Crippen molar-refractivity contribution in [2.75, 3.05) is 6.54 Å². The minimum Gasteiger partial charge on any atom is -0.330 e. The maximum absolute atomic E-state index is 13.4. The molecule has 0 aliphatic heterocycles. The molecule has 1 aromatic rings. The highest BCUT2D eigenvalue weighted by molar-refractivity contribution is 5.26. The Balaban J connectivity index is 2.79. The lowest BCUT2D eigenvalue weighted by atomic mass is 10.0. The molecule has 0 aromatic heterocycles. The molecule has 0 atom stereocenters. The minimum atomic E-state index is -0.454. The molecule has 78 valence electrons. The number of benzene rings is 1. The number of rotatable bonds is 4. The number of hydrogen-bond donors (Lipinski definition) is 1. The van der Waals surface area contributed by atoms with Crippen molar-refractivity contribution in [1.29, 1.82) is 0 Å². The lowest BCUT2D eigenvalue weighted by molar-refractivity contribution is 0.542. The molecule has 14 heavy (non-hydrogen) atoms. The zero-order valence-electron chi connectivity index (χ0n) is 8.32. The lowest BCUT2D eigenvalue weighted by Gasteiger charge is -2.06. The summed E-state index contributed by atoms with van der Waals surface area (Å²) in [6, 6.07) is 2.77. The third-order valence-electron chi connectivity index (χ3n) is 2.26. The van der Waals surface area contributed by atoms with E-state index in [0.29, 0.717) is 18.5 Å². The Bertz CT molecular complexity index is 310. The van der Waals surface area contributed by atoms with Crippen LogP contribution in [0.25, 0.3) is 0 Å². The standard InChI is InChI=1S/C11H15F2N/c1-8-5-6-10(12)9(11(8)13)4-2-3-7-14/h5-6H,2-4,7,14H2,1H3. The number of unbranched alkanes of at least 4 members (excludes halogenated alkanes) is 1. The van der Waals surface area contributed by atoms with E-state index in [4.69, 9.17) is 5.73 Å². The van der Waals surface area contributed by atoms with Gasteiger partial charge in [0.05, 0.1) is 0 Å². The van der Waals surface area contributed by atoms with Crippen molar-refractivity contribution in [2.24, 2.45) is 5.73 Å². The summed E-state index contributed by atoms with van der Waals surface area (Å²) in [5, 5.41) is 0. The highest BCUT2D eigenvalue weighted by Crippen LogP contribution is 2.18. The summed E-state index contributed by atoms with van der Waals surface area (Å²) >= 11 is 0. The highest BCUT2D eigenvalue weighted by Gasteiger charge is 2.10. The first-order valence-corrected chi connectivity index (χ1v) is 4.80. The Morgan fingerprint density at radius 1 is 1.21 bits per heavy atom. The molecule has 0 fully saturated rings. The molecular weight excluding hydrogens is 184 g/mol. The fourth-order valence-corrected chi connectivity index (χ4v) is 1.39. The second kappa shape index (κ2) is 5.05. The molecule has 0 amide bonds. The predicted octanol–water partition coefficient (Wildman–Crippen LogP) is 2.55. The summed E-state index contributed by atoms with van der Waals surface area (Å²) < 4.78 is 26.6. The van der Waals surface area contributed by atoms with Gasteiger partial charge in [0.1, 0.15) is 11.6 Å². The molecule has 1 nitrogen and oxygen atoms in total. The van der Waals surface area contributed by atoms with Crippen molar-refractivity contribution in [2.45, 2.75) is 26.2 Å². The summed E-state index contributed by atoms with van der Waals surface area (Å²) in [5.41, 5.74) is 6.00. The maximum atomic E-state index is 13.4. The topological polar surface area (TPSA) is 26.0 Å². The Labute approximate surface area is 82.9 Å². The Morgan fingerprint density at radius 2 is 1.93 bits per heavy atom. The monoisotopic (exact) mass is 199 g/mol. The van der Waals surface area contributed by atoms with Crippen molar-refractivity contribution in [3.8, 4) is 0 Å². The number of nitrogens with two attached hydrogens (primary N) is 1.